The van der Waals surface area contributed by atoms with Crippen LogP contribution in [0.15, 0.2) is 0 Å². The summed E-state index contributed by atoms with van der Waals surface area (Å²) in [5, 5.41) is 0.0239. The molecule has 0 spiro atoms. The minimum absolute atomic E-state index is 0.0239. The molecule has 3 heteroatoms. The van der Waals surface area contributed by atoms with Crippen molar-refractivity contribution in [1.29, 1.82) is 0 Å². The monoisotopic (exact) mass is 251 g/mol. The molecule has 0 aromatic rings. The van der Waals surface area contributed by atoms with Crippen LogP contribution in [-0.2, 0) is 0 Å². The van der Waals surface area contributed by atoms with Gasteiger partial charge in [-0.2, -0.15) is 0 Å². The lowest BCUT2D eigenvalue weighted by Gasteiger charge is -2.42. The van der Waals surface area contributed by atoms with Crippen LogP contribution < -0.4 is 0 Å². The Morgan fingerprint density at radius 3 is 2.65 bits per heavy atom. The zero-order chi connectivity index (χ0) is 13.1. The molecule has 1 aliphatic carbocycles. The Morgan fingerprint density at radius 1 is 1.47 bits per heavy atom. The number of hydrogen-bond donors (Lipinski definition) is 0. The maximum atomic E-state index is 6.28. The zero-order valence-corrected chi connectivity index (χ0v) is 12.6. The number of thiocarbonyl (C=S) groups is 1. The predicted molar refractivity (Wildman–Crippen MR) is 80.8 cm³/mol. The van der Waals surface area contributed by atoms with E-state index in [0.29, 0.717) is 11.8 Å². The quantitative estimate of drug-likeness (QED) is 0.552. The van der Waals surface area contributed by atoms with E-state index < -0.39 is 0 Å². The highest BCUT2D eigenvalue weighted by Crippen LogP contribution is 2.46. The average Bonchev–Trinajstić information content (AvgIpc) is 2.27. The third kappa shape index (κ3) is 3.98. The van der Waals surface area contributed by atoms with Gasteiger partial charge in [0.15, 0.2) is 0 Å². The minimum atomic E-state index is 0.0239. The van der Waals surface area contributed by atoms with Gasteiger partial charge >= 0.3 is 0 Å². The van der Waals surface area contributed by atoms with Gasteiger partial charge in [-0.05, 0) is 18.8 Å². The summed E-state index contributed by atoms with van der Waals surface area (Å²) in [6, 6.07) is 0. The van der Waals surface area contributed by atoms with Gasteiger partial charge in [0.2, 0.25) is 0 Å². The van der Waals surface area contributed by atoms with Gasteiger partial charge in [-0.1, -0.05) is 57.6 Å². The SMILES string of the molecule is [B]C1(C)CCC(C(=S)N(C)CCC)C(CC)C1. The van der Waals surface area contributed by atoms with Gasteiger partial charge in [0.1, 0.15) is 0 Å². The first-order chi connectivity index (χ1) is 7.91. The Kier molecular flexibility index (Phi) is 5.49. The minimum Gasteiger partial charge on any atom is -0.369 e. The summed E-state index contributed by atoms with van der Waals surface area (Å²) in [6.07, 6.45) is 5.74. The Labute approximate surface area is 114 Å². The molecule has 3 atom stereocenters. The molecule has 0 aromatic heterocycles. The van der Waals surface area contributed by atoms with Gasteiger partial charge < -0.3 is 4.90 Å². The fourth-order valence-electron chi connectivity index (χ4n) is 3.05. The van der Waals surface area contributed by atoms with Crippen LogP contribution in [-0.4, -0.2) is 31.3 Å². The molecule has 1 rings (SSSR count). The second-order valence-electron chi connectivity index (χ2n) is 5.93. The van der Waals surface area contributed by atoms with E-state index in [2.05, 4.69) is 32.7 Å². The van der Waals surface area contributed by atoms with Crippen LogP contribution in [0.25, 0.3) is 0 Å². The molecule has 17 heavy (non-hydrogen) atoms. The molecular weight excluding hydrogens is 225 g/mol. The van der Waals surface area contributed by atoms with Crippen LogP contribution in [0, 0.1) is 11.8 Å². The Hall–Kier alpha value is -0.0451. The van der Waals surface area contributed by atoms with Crippen molar-refractivity contribution in [3.63, 3.8) is 0 Å². The summed E-state index contributed by atoms with van der Waals surface area (Å²) in [7, 11) is 8.42. The third-order valence-corrected chi connectivity index (χ3v) is 4.72. The molecule has 0 N–H and O–H groups in total. The summed E-state index contributed by atoms with van der Waals surface area (Å²) in [5.74, 6) is 1.24. The molecule has 1 fully saturated rings. The van der Waals surface area contributed by atoms with Gasteiger partial charge in [0.25, 0.3) is 0 Å². The molecule has 1 aliphatic rings. The van der Waals surface area contributed by atoms with Crippen LogP contribution in [0.2, 0.25) is 5.31 Å². The van der Waals surface area contributed by atoms with Crippen molar-refractivity contribution in [3.05, 3.63) is 0 Å². The van der Waals surface area contributed by atoms with Crippen LogP contribution in [0.3, 0.4) is 0 Å². The lowest BCUT2D eigenvalue weighted by atomic mass is 9.56. The molecule has 0 heterocycles. The first-order valence-corrected chi connectivity index (χ1v) is 7.36. The normalized spacial score (nSPS) is 33.4. The third-order valence-electron chi connectivity index (χ3n) is 4.10. The Bertz CT molecular complexity index is 265. The van der Waals surface area contributed by atoms with Gasteiger partial charge in [-0.15, -0.1) is 0 Å². The average molecular weight is 251 g/mol. The zero-order valence-electron chi connectivity index (χ0n) is 11.8. The molecule has 1 nitrogen and oxygen atoms in total. The smallest absolute Gasteiger partial charge is 0.0810 e. The van der Waals surface area contributed by atoms with E-state index in [-0.39, 0.29) is 5.31 Å². The van der Waals surface area contributed by atoms with Crippen LogP contribution in [0.5, 0.6) is 0 Å². The van der Waals surface area contributed by atoms with Gasteiger partial charge in [-0.25, -0.2) is 0 Å². The van der Waals surface area contributed by atoms with Gasteiger partial charge in [-0.3, -0.25) is 0 Å². The van der Waals surface area contributed by atoms with Crippen molar-refractivity contribution in [3.8, 4) is 0 Å². The van der Waals surface area contributed by atoms with E-state index >= 15 is 0 Å². The highest BCUT2D eigenvalue weighted by molar-refractivity contribution is 7.80. The fourth-order valence-corrected chi connectivity index (χ4v) is 3.45. The van der Waals surface area contributed by atoms with E-state index in [0.717, 1.165) is 30.8 Å². The summed E-state index contributed by atoms with van der Waals surface area (Å²) in [5.41, 5.74) is 0. The molecule has 0 aromatic carbocycles. The van der Waals surface area contributed by atoms with Crippen molar-refractivity contribution < 1.29 is 0 Å². The Balaban J connectivity index is 2.67. The molecular formula is C14H26BNS. The topological polar surface area (TPSA) is 3.24 Å². The Morgan fingerprint density at radius 2 is 2.12 bits per heavy atom. The summed E-state index contributed by atoms with van der Waals surface area (Å²) in [4.78, 5) is 3.43. The molecule has 0 saturated heterocycles. The first kappa shape index (κ1) is 15.0. The molecule has 0 aliphatic heterocycles. The van der Waals surface area contributed by atoms with Crippen molar-refractivity contribution >= 4 is 25.1 Å². The van der Waals surface area contributed by atoms with Gasteiger partial charge in [0, 0.05) is 19.5 Å². The molecule has 0 amide bonds. The van der Waals surface area contributed by atoms with E-state index in [4.69, 9.17) is 20.1 Å². The van der Waals surface area contributed by atoms with Crippen molar-refractivity contribution in [1.82, 2.24) is 4.90 Å². The van der Waals surface area contributed by atoms with Crippen LogP contribution in [0.4, 0.5) is 0 Å². The highest BCUT2D eigenvalue weighted by atomic mass is 32.1. The molecule has 1 saturated carbocycles. The van der Waals surface area contributed by atoms with Crippen molar-refractivity contribution in [2.75, 3.05) is 13.6 Å². The maximum absolute atomic E-state index is 6.28. The standard InChI is InChI=1S/C14H26BNS/c1-5-9-16(4)13(17)12-7-8-14(3,15)10-11(12)6-2/h11-12H,5-10H2,1-4H3. The predicted octanol–water partition coefficient (Wildman–Crippen LogP) is 3.83. The van der Waals surface area contributed by atoms with E-state index in [1.165, 1.54) is 12.8 Å². The largest absolute Gasteiger partial charge is 0.369 e. The van der Waals surface area contributed by atoms with Crippen LogP contribution >= 0.6 is 12.2 Å². The summed E-state index contributed by atoms with van der Waals surface area (Å²) in [6.45, 7) is 7.73. The molecule has 0 bridgehead atoms. The highest BCUT2D eigenvalue weighted by Gasteiger charge is 2.36. The molecule has 3 unspecified atom stereocenters. The number of hydrogen-bond acceptors (Lipinski definition) is 1. The second kappa shape index (κ2) is 6.22. The van der Waals surface area contributed by atoms with Crippen LogP contribution in [0.1, 0.15) is 52.9 Å². The summed E-state index contributed by atoms with van der Waals surface area (Å²) < 4.78 is 0. The second-order valence-corrected chi connectivity index (χ2v) is 6.35. The summed E-state index contributed by atoms with van der Waals surface area (Å²) >= 11 is 5.67. The number of rotatable bonds is 4. The molecule has 96 valence electrons. The first-order valence-electron chi connectivity index (χ1n) is 6.95. The maximum Gasteiger partial charge on any atom is 0.0810 e. The van der Waals surface area contributed by atoms with Crippen molar-refractivity contribution in [2.45, 2.75) is 58.2 Å². The fraction of sp³-hybridized carbons (Fsp3) is 0.929. The van der Waals surface area contributed by atoms with Crippen molar-refractivity contribution in [2.24, 2.45) is 11.8 Å². The number of nitrogens with zero attached hydrogens (tertiary/aromatic N) is 1. The van der Waals surface area contributed by atoms with Gasteiger partial charge in [0.05, 0.1) is 12.8 Å². The lowest BCUT2D eigenvalue weighted by Crippen LogP contribution is -2.39. The van der Waals surface area contributed by atoms with E-state index in [1.54, 1.807) is 0 Å². The van der Waals surface area contributed by atoms with E-state index in [9.17, 15) is 0 Å². The lowest BCUT2D eigenvalue weighted by molar-refractivity contribution is 0.234. The molecule has 2 radical (unpaired) electrons. The van der Waals surface area contributed by atoms with E-state index in [1.807, 2.05) is 0 Å².